The number of rotatable bonds is 15. The van der Waals surface area contributed by atoms with Gasteiger partial charge in [0, 0.05) is 112 Å². The molecule has 2 aliphatic rings. The van der Waals surface area contributed by atoms with Crippen LogP contribution in [0.1, 0.15) is 92.9 Å². The molecule has 2 aromatic carbocycles. The van der Waals surface area contributed by atoms with Crippen LogP contribution >= 0.6 is 0 Å². The van der Waals surface area contributed by atoms with E-state index in [4.69, 9.17) is 28.9 Å². The molecular formula is C51H60F4N8O8S. The third kappa shape index (κ3) is 11.9. The van der Waals surface area contributed by atoms with Crippen molar-refractivity contribution >= 4 is 39.2 Å². The number of aromatic nitrogens is 3. The Morgan fingerprint density at radius 3 is 1.62 bits per heavy atom. The summed E-state index contributed by atoms with van der Waals surface area (Å²) < 4.78 is 113. The van der Waals surface area contributed by atoms with Gasteiger partial charge in [0.25, 0.3) is 21.8 Å². The molecule has 16 nitrogen and oxygen atoms in total. The molecule has 0 atom stereocenters. The van der Waals surface area contributed by atoms with Crippen molar-refractivity contribution in [2.24, 2.45) is 0 Å². The molecule has 0 spiro atoms. The number of pyridine rings is 3. The number of methoxy groups -OCH3 is 4. The molecule has 72 heavy (non-hydrogen) atoms. The molecular weight excluding hydrogens is 961 g/mol. The van der Waals surface area contributed by atoms with E-state index < -0.39 is 51.6 Å². The summed E-state index contributed by atoms with van der Waals surface area (Å²) >= 11 is 0. The normalized spacial score (nSPS) is 15.8. The Hall–Kier alpha value is -6.74. The van der Waals surface area contributed by atoms with E-state index in [9.17, 15) is 22.4 Å². The average molecular weight is 1020 g/mol. The number of nitrogens with one attached hydrogen (secondary N) is 1. The van der Waals surface area contributed by atoms with E-state index in [1.807, 2.05) is 0 Å². The molecule has 5 heterocycles. The molecule has 0 radical (unpaired) electrons. The van der Waals surface area contributed by atoms with Gasteiger partial charge in [0.15, 0.2) is 5.03 Å². The van der Waals surface area contributed by atoms with E-state index in [0.29, 0.717) is 56.6 Å². The fourth-order valence-electron chi connectivity index (χ4n) is 8.64. The van der Waals surface area contributed by atoms with Gasteiger partial charge in [0.2, 0.25) is 11.8 Å². The summed E-state index contributed by atoms with van der Waals surface area (Å²) in [5.74, 6) is -5.82. The zero-order valence-electron chi connectivity index (χ0n) is 41.7. The minimum absolute atomic E-state index is 0.0377. The lowest BCUT2D eigenvalue weighted by Gasteiger charge is -2.30. The Bertz CT molecular complexity index is 2870. The number of carbonyl (C=O) groups is 2. The molecule has 7 rings (SSSR count). The Kier molecular flexibility index (Phi) is 16.2. The fourth-order valence-corrected chi connectivity index (χ4v) is 9.99. The first-order valence-corrected chi connectivity index (χ1v) is 24.9. The molecule has 0 saturated carbocycles. The van der Waals surface area contributed by atoms with Crippen molar-refractivity contribution in [3.63, 3.8) is 0 Å². The number of benzene rings is 2. The standard InChI is InChI=1S/C51H60F4N8O8S/c1-32-25-41(46(57-34(32)3)60-21-9-16-50(52,53)18-23-60)48(64)59-63(49(65)42-26-33(2)35(4)58-47(42)61-22-10-17-51(54,55)19-24-61)38-15-20-56-45(27-38)72(66,67)62(30-36-11-13-39(68-5)28-43(36)70-7)31-37-12-14-40(69-6)29-44(37)71-8/h11-15,20,25-29H,9-10,16-19,21-24,30-31H2,1-8H3,(H,59,64). The highest BCUT2D eigenvalue weighted by Gasteiger charge is 2.37. The van der Waals surface area contributed by atoms with E-state index in [-0.39, 0.29) is 93.4 Å². The third-order valence-electron chi connectivity index (χ3n) is 13.1. The van der Waals surface area contributed by atoms with Crippen LogP contribution in [-0.2, 0) is 23.1 Å². The quantitative estimate of drug-likeness (QED) is 0.0781. The van der Waals surface area contributed by atoms with Crippen LogP contribution in [0.5, 0.6) is 23.0 Å². The molecule has 2 aliphatic heterocycles. The van der Waals surface area contributed by atoms with Crippen LogP contribution < -0.4 is 39.2 Å². The van der Waals surface area contributed by atoms with Gasteiger partial charge >= 0.3 is 0 Å². The Balaban J connectivity index is 1.37. The lowest BCUT2D eigenvalue weighted by atomic mass is 10.1. The Morgan fingerprint density at radius 1 is 0.653 bits per heavy atom. The number of sulfonamides is 1. The van der Waals surface area contributed by atoms with Crippen LogP contribution in [-0.4, -0.2) is 106 Å². The summed E-state index contributed by atoms with van der Waals surface area (Å²) in [5, 5.41) is 0.336. The zero-order valence-corrected chi connectivity index (χ0v) is 42.5. The first-order chi connectivity index (χ1) is 34.2. The van der Waals surface area contributed by atoms with Gasteiger partial charge in [-0.3, -0.25) is 15.0 Å². The summed E-state index contributed by atoms with van der Waals surface area (Å²) in [5.41, 5.74) is 5.60. The molecule has 0 aliphatic carbocycles. The van der Waals surface area contributed by atoms with Crippen LogP contribution in [0.2, 0.25) is 0 Å². The highest BCUT2D eigenvalue weighted by Crippen LogP contribution is 2.36. The van der Waals surface area contributed by atoms with Crippen molar-refractivity contribution in [2.45, 2.75) is 96.2 Å². The first kappa shape index (κ1) is 53.1. The number of hydrogen-bond donors (Lipinski definition) is 1. The lowest BCUT2D eigenvalue weighted by Crippen LogP contribution is -2.48. The smallest absolute Gasteiger partial charge is 0.280 e. The maximum Gasteiger partial charge on any atom is 0.280 e. The predicted molar refractivity (Wildman–Crippen MR) is 263 cm³/mol. The highest BCUT2D eigenvalue weighted by molar-refractivity contribution is 7.89. The van der Waals surface area contributed by atoms with Gasteiger partial charge in [-0.25, -0.2) is 45.9 Å². The summed E-state index contributed by atoms with van der Waals surface area (Å²) in [6, 6.07) is 15.5. The number of hydrazine groups is 1. The Morgan fingerprint density at radius 2 is 1.14 bits per heavy atom. The van der Waals surface area contributed by atoms with Crippen molar-refractivity contribution in [2.75, 3.05) is 69.4 Å². The third-order valence-corrected chi connectivity index (χ3v) is 14.8. The lowest BCUT2D eigenvalue weighted by molar-refractivity contribution is -0.0109. The topological polar surface area (TPSA) is 169 Å². The molecule has 2 fully saturated rings. The number of anilines is 3. The van der Waals surface area contributed by atoms with Crippen LogP contribution in [0.3, 0.4) is 0 Å². The fraction of sp³-hybridized carbons (Fsp3) is 0.431. The summed E-state index contributed by atoms with van der Waals surface area (Å²) in [6.45, 7) is 6.48. The molecule has 5 aromatic rings. The van der Waals surface area contributed by atoms with Crippen LogP contribution in [0.15, 0.2) is 71.9 Å². The molecule has 2 amide bonds. The van der Waals surface area contributed by atoms with Gasteiger partial charge in [0.05, 0.1) is 45.3 Å². The van der Waals surface area contributed by atoms with Gasteiger partial charge in [-0.05, 0) is 82.0 Å². The van der Waals surface area contributed by atoms with Gasteiger partial charge in [-0.1, -0.05) is 12.1 Å². The first-order valence-electron chi connectivity index (χ1n) is 23.4. The number of ether oxygens (including phenoxy) is 4. The number of aryl methyl sites for hydroxylation is 4. The SMILES string of the molecule is COc1ccc(CN(Cc2ccc(OC)cc2OC)S(=O)(=O)c2cc(N(NC(=O)c3cc(C)c(C)nc3N3CCCC(F)(F)CC3)C(=O)c3cc(C)c(C)nc3N3CCCC(F)(F)CC3)ccn2)c(OC)c1. The molecule has 386 valence electrons. The summed E-state index contributed by atoms with van der Waals surface area (Å²) in [4.78, 5) is 47.4. The van der Waals surface area contributed by atoms with E-state index in [1.54, 1.807) is 86.0 Å². The second-order valence-corrected chi connectivity index (χ2v) is 19.9. The van der Waals surface area contributed by atoms with E-state index in [1.165, 1.54) is 40.7 Å². The molecule has 3 aromatic heterocycles. The van der Waals surface area contributed by atoms with E-state index in [2.05, 4.69) is 10.4 Å². The number of carbonyl (C=O) groups excluding carboxylic acids is 2. The maximum atomic E-state index is 15.5. The zero-order chi connectivity index (χ0) is 52.1. The van der Waals surface area contributed by atoms with Crippen LogP contribution in [0.25, 0.3) is 0 Å². The number of amides is 2. The molecule has 0 unspecified atom stereocenters. The van der Waals surface area contributed by atoms with Gasteiger partial charge in [-0.2, -0.15) is 4.31 Å². The second kappa shape index (κ2) is 21.9. The average Bonchev–Trinajstić information content (AvgIpc) is 3.66. The van der Waals surface area contributed by atoms with Crippen molar-refractivity contribution in [1.29, 1.82) is 0 Å². The summed E-state index contributed by atoms with van der Waals surface area (Å²) in [7, 11) is 1.18. The largest absolute Gasteiger partial charge is 0.497 e. The molecule has 0 bridgehead atoms. The van der Waals surface area contributed by atoms with Crippen LogP contribution in [0, 0.1) is 27.7 Å². The highest BCUT2D eigenvalue weighted by atomic mass is 32.2. The summed E-state index contributed by atoms with van der Waals surface area (Å²) in [6.07, 6.45) is -0.263. The van der Waals surface area contributed by atoms with E-state index >= 15 is 13.2 Å². The van der Waals surface area contributed by atoms with Crippen molar-refractivity contribution in [3.05, 3.63) is 112 Å². The maximum absolute atomic E-state index is 15.5. The Labute approximate surface area is 417 Å². The number of hydrogen-bond acceptors (Lipinski definition) is 13. The van der Waals surface area contributed by atoms with Gasteiger partial charge in [0.1, 0.15) is 34.6 Å². The minimum Gasteiger partial charge on any atom is -0.497 e. The number of nitrogens with zero attached hydrogens (tertiary/aromatic N) is 7. The van der Waals surface area contributed by atoms with Gasteiger partial charge in [-0.15, -0.1) is 0 Å². The van der Waals surface area contributed by atoms with E-state index in [0.717, 1.165) is 15.4 Å². The second-order valence-electron chi connectivity index (χ2n) is 18.0. The minimum atomic E-state index is -4.67. The van der Waals surface area contributed by atoms with Crippen LogP contribution in [0.4, 0.5) is 34.9 Å². The van der Waals surface area contributed by atoms with Crippen molar-refractivity contribution in [1.82, 2.24) is 24.7 Å². The predicted octanol–water partition coefficient (Wildman–Crippen LogP) is 8.77. The number of alkyl halides is 4. The molecule has 1 N–H and O–H groups in total. The monoisotopic (exact) mass is 1020 g/mol. The van der Waals surface area contributed by atoms with Gasteiger partial charge < -0.3 is 28.7 Å². The number of halogens is 4. The van der Waals surface area contributed by atoms with Crippen molar-refractivity contribution < 1.29 is 54.5 Å². The molecule has 2 saturated heterocycles. The molecule has 21 heteroatoms. The van der Waals surface area contributed by atoms with Crippen molar-refractivity contribution in [3.8, 4) is 23.0 Å².